The van der Waals surface area contributed by atoms with Gasteiger partial charge in [-0.25, -0.2) is 4.39 Å². The van der Waals surface area contributed by atoms with E-state index in [9.17, 15) is 14.0 Å². The Hall–Kier alpha value is -2.73. The van der Waals surface area contributed by atoms with E-state index >= 15 is 0 Å². The highest BCUT2D eigenvalue weighted by Gasteiger charge is 2.24. The summed E-state index contributed by atoms with van der Waals surface area (Å²) in [6.45, 7) is 2.03. The molecule has 0 saturated carbocycles. The van der Waals surface area contributed by atoms with Crippen molar-refractivity contribution in [3.8, 4) is 0 Å². The van der Waals surface area contributed by atoms with Crippen molar-refractivity contribution < 1.29 is 14.0 Å². The van der Waals surface area contributed by atoms with Gasteiger partial charge in [0.2, 0.25) is 5.91 Å². The lowest BCUT2D eigenvalue weighted by atomic mass is 10.0. The highest BCUT2D eigenvalue weighted by atomic mass is 19.1. The summed E-state index contributed by atoms with van der Waals surface area (Å²) in [4.78, 5) is 28.6. The van der Waals surface area contributed by atoms with Crippen LogP contribution in [-0.4, -0.2) is 47.8 Å². The van der Waals surface area contributed by atoms with E-state index in [-0.39, 0.29) is 24.3 Å². The molecular weight excluding hydrogens is 345 g/mol. The second kappa shape index (κ2) is 8.77. The molecule has 1 fully saturated rings. The van der Waals surface area contributed by atoms with Crippen molar-refractivity contribution in [1.29, 1.82) is 0 Å². The zero-order chi connectivity index (χ0) is 19.2. The van der Waals surface area contributed by atoms with Crippen LogP contribution in [0.25, 0.3) is 0 Å². The van der Waals surface area contributed by atoms with Gasteiger partial charge in [-0.15, -0.1) is 0 Å². The predicted octanol–water partition coefficient (Wildman–Crippen LogP) is 2.59. The number of hydrogen-bond donors (Lipinski definition) is 1. The minimum atomic E-state index is -0.428. The Balaban J connectivity index is 1.57. The normalized spacial score (nSPS) is 15.9. The van der Waals surface area contributed by atoms with Crippen molar-refractivity contribution in [3.05, 3.63) is 71.5 Å². The van der Waals surface area contributed by atoms with E-state index in [4.69, 9.17) is 5.73 Å². The SMILES string of the molecule is NC(CC(=O)N1CCCN(C(=O)c2cccc(F)c2)CC1)c1ccccc1. The second-order valence-corrected chi connectivity index (χ2v) is 6.76. The van der Waals surface area contributed by atoms with Gasteiger partial charge < -0.3 is 15.5 Å². The summed E-state index contributed by atoms with van der Waals surface area (Å²) in [5, 5.41) is 0. The Bertz CT molecular complexity index is 797. The predicted molar refractivity (Wildman–Crippen MR) is 101 cm³/mol. The maximum Gasteiger partial charge on any atom is 0.254 e. The van der Waals surface area contributed by atoms with E-state index in [1.807, 2.05) is 30.3 Å². The Labute approximate surface area is 158 Å². The van der Waals surface area contributed by atoms with Gasteiger partial charge in [0.05, 0.1) is 0 Å². The van der Waals surface area contributed by atoms with Crippen LogP contribution in [0.3, 0.4) is 0 Å². The van der Waals surface area contributed by atoms with Gasteiger partial charge in [-0.1, -0.05) is 36.4 Å². The minimum absolute atomic E-state index is 0.00796. The van der Waals surface area contributed by atoms with Crippen molar-refractivity contribution in [2.75, 3.05) is 26.2 Å². The molecule has 5 nitrogen and oxygen atoms in total. The molecule has 2 aromatic rings. The topological polar surface area (TPSA) is 66.6 Å². The van der Waals surface area contributed by atoms with Gasteiger partial charge in [-0.2, -0.15) is 0 Å². The summed E-state index contributed by atoms with van der Waals surface area (Å²) >= 11 is 0. The van der Waals surface area contributed by atoms with Gasteiger partial charge in [0.25, 0.3) is 5.91 Å². The second-order valence-electron chi connectivity index (χ2n) is 6.76. The first-order valence-corrected chi connectivity index (χ1v) is 9.18. The average Bonchev–Trinajstić information content (AvgIpc) is 2.94. The summed E-state index contributed by atoms with van der Waals surface area (Å²) in [7, 11) is 0. The number of nitrogens with zero attached hydrogens (tertiary/aromatic N) is 2. The first-order valence-electron chi connectivity index (χ1n) is 9.18. The first kappa shape index (κ1) is 19.0. The number of hydrogen-bond acceptors (Lipinski definition) is 3. The van der Waals surface area contributed by atoms with E-state index in [0.717, 1.165) is 5.56 Å². The number of carbonyl (C=O) groups excluding carboxylic acids is 2. The van der Waals surface area contributed by atoms with Gasteiger partial charge in [-0.05, 0) is 30.2 Å². The van der Waals surface area contributed by atoms with Crippen LogP contribution in [0.1, 0.15) is 34.8 Å². The molecule has 142 valence electrons. The lowest BCUT2D eigenvalue weighted by Crippen LogP contribution is -2.38. The summed E-state index contributed by atoms with van der Waals surface area (Å²) < 4.78 is 13.4. The summed E-state index contributed by atoms with van der Waals surface area (Å²) in [5.74, 6) is -0.640. The van der Waals surface area contributed by atoms with Crippen LogP contribution in [0, 0.1) is 5.82 Å². The molecule has 0 spiro atoms. The molecule has 1 aliphatic heterocycles. The number of benzene rings is 2. The lowest BCUT2D eigenvalue weighted by Gasteiger charge is -2.23. The lowest BCUT2D eigenvalue weighted by molar-refractivity contribution is -0.131. The molecule has 0 aliphatic carbocycles. The molecule has 1 saturated heterocycles. The van der Waals surface area contributed by atoms with Gasteiger partial charge in [0, 0.05) is 44.2 Å². The van der Waals surface area contributed by atoms with Crippen molar-refractivity contribution >= 4 is 11.8 Å². The molecule has 3 rings (SSSR count). The molecule has 0 radical (unpaired) electrons. The standard InChI is InChI=1S/C21H24FN3O2/c22-18-9-4-8-17(14-18)21(27)25-11-5-10-24(12-13-25)20(26)15-19(23)16-6-2-1-3-7-16/h1-4,6-9,14,19H,5,10-13,15,23H2. The quantitative estimate of drug-likeness (QED) is 0.901. The van der Waals surface area contributed by atoms with Gasteiger partial charge in [0.1, 0.15) is 5.82 Å². The van der Waals surface area contributed by atoms with E-state index in [0.29, 0.717) is 38.2 Å². The fourth-order valence-corrected chi connectivity index (χ4v) is 3.31. The summed E-state index contributed by atoms with van der Waals surface area (Å²) in [5.41, 5.74) is 7.43. The molecule has 1 aliphatic rings. The van der Waals surface area contributed by atoms with Crippen molar-refractivity contribution in [2.24, 2.45) is 5.73 Å². The molecule has 6 heteroatoms. The Kier molecular flexibility index (Phi) is 6.19. The zero-order valence-electron chi connectivity index (χ0n) is 15.2. The van der Waals surface area contributed by atoms with Crippen molar-refractivity contribution in [2.45, 2.75) is 18.9 Å². The van der Waals surface area contributed by atoms with Gasteiger partial charge >= 0.3 is 0 Å². The molecule has 2 amide bonds. The van der Waals surface area contributed by atoms with E-state index in [2.05, 4.69) is 0 Å². The zero-order valence-corrected chi connectivity index (χ0v) is 15.2. The number of amides is 2. The van der Waals surface area contributed by atoms with E-state index < -0.39 is 5.82 Å². The van der Waals surface area contributed by atoms with Crippen LogP contribution in [0.15, 0.2) is 54.6 Å². The third-order valence-corrected chi connectivity index (χ3v) is 4.83. The van der Waals surface area contributed by atoms with Crippen LogP contribution >= 0.6 is 0 Å². The number of halogens is 1. The monoisotopic (exact) mass is 369 g/mol. The molecule has 1 atom stereocenters. The molecule has 0 bridgehead atoms. The summed E-state index contributed by atoms with van der Waals surface area (Å²) in [6.07, 6.45) is 0.926. The van der Waals surface area contributed by atoms with Crippen LogP contribution in [0.5, 0.6) is 0 Å². The van der Waals surface area contributed by atoms with Gasteiger partial charge in [-0.3, -0.25) is 9.59 Å². The van der Waals surface area contributed by atoms with Crippen LogP contribution in [0.2, 0.25) is 0 Å². The van der Waals surface area contributed by atoms with Crippen molar-refractivity contribution in [3.63, 3.8) is 0 Å². The maximum absolute atomic E-state index is 13.4. The largest absolute Gasteiger partial charge is 0.341 e. The Morgan fingerprint density at radius 2 is 1.67 bits per heavy atom. The molecule has 0 aromatic heterocycles. The molecular formula is C21H24FN3O2. The van der Waals surface area contributed by atoms with Crippen molar-refractivity contribution in [1.82, 2.24) is 9.80 Å². The fraction of sp³-hybridized carbons (Fsp3) is 0.333. The summed E-state index contributed by atoms with van der Waals surface area (Å²) in [6, 6.07) is 14.9. The number of rotatable bonds is 4. The molecule has 1 unspecified atom stereocenters. The van der Waals surface area contributed by atoms with Crippen LogP contribution in [0.4, 0.5) is 4.39 Å². The molecule has 2 aromatic carbocycles. The number of nitrogens with two attached hydrogens (primary N) is 1. The third-order valence-electron chi connectivity index (χ3n) is 4.83. The highest BCUT2D eigenvalue weighted by molar-refractivity contribution is 5.94. The minimum Gasteiger partial charge on any atom is -0.341 e. The van der Waals surface area contributed by atoms with Crippen LogP contribution < -0.4 is 5.73 Å². The molecule has 27 heavy (non-hydrogen) atoms. The third kappa shape index (κ3) is 4.92. The number of carbonyl (C=O) groups is 2. The maximum atomic E-state index is 13.4. The molecule has 2 N–H and O–H groups in total. The Morgan fingerprint density at radius 1 is 0.963 bits per heavy atom. The molecule has 1 heterocycles. The fourth-order valence-electron chi connectivity index (χ4n) is 3.31. The Morgan fingerprint density at radius 3 is 2.41 bits per heavy atom. The first-order chi connectivity index (χ1) is 13.0. The van der Waals surface area contributed by atoms with Gasteiger partial charge in [0.15, 0.2) is 0 Å². The van der Waals surface area contributed by atoms with E-state index in [1.165, 1.54) is 18.2 Å². The average molecular weight is 369 g/mol. The van der Waals surface area contributed by atoms with Crippen LogP contribution in [-0.2, 0) is 4.79 Å². The smallest absolute Gasteiger partial charge is 0.254 e. The van der Waals surface area contributed by atoms with E-state index in [1.54, 1.807) is 15.9 Å². The highest BCUT2D eigenvalue weighted by Crippen LogP contribution is 2.16.